The highest BCUT2D eigenvalue weighted by molar-refractivity contribution is 7.14. The van der Waals surface area contributed by atoms with Crippen molar-refractivity contribution in [1.29, 1.82) is 0 Å². The van der Waals surface area contributed by atoms with Gasteiger partial charge in [0.25, 0.3) is 0 Å². The Bertz CT molecular complexity index is 560. The number of unbranched alkanes of at least 4 members (excludes halogenated alkanes) is 1. The Labute approximate surface area is 130 Å². The van der Waals surface area contributed by atoms with Gasteiger partial charge < -0.3 is 4.74 Å². The van der Waals surface area contributed by atoms with Crippen molar-refractivity contribution < 1.29 is 4.74 Å². The van der Waals surface area contributed by atoms with Crippen molar-refractivity contribution in [2.24, 2.45) is 0 Å². The molecule has 0 saturated heterocycles. The molecule has 0 spiro atoms. The van der Waals surface area contributed by atoms with Gasteiger partial charge in [0.05, 0.1) is 6.61 Å². The maximum Gasteiger partial charge on any atom is 0.147 e. The molecule has 0 atom stereocenters. The summed E-state index contributed by atoms with van der Waals surface area (Å²) in [5.41, 5.74) is 1.11. The van der Waals surface area contributed by atoms with E-state index in [9.17, 15) is 0 Å². The molecular formula is C17H22N2OS. The summed E-state index contributed by atoms with van der Waals surface area (Å²) < 4.78 is 5.72. The third-order valence-corrected chi connectivity index (χ3v) is 4.08. The van der Waals surface area contributed by atoms with E-state index in [-0.39, 0.29) is 0 Å². The fourth-order valence-corrected chi connectivity index (χ4v) is 2.88. The zero-order valence-electron chi connectivity index (χ0n) is 12.7. The van der Waals surface area contributed by atoms with Crippen LogP contribution < -0.4 is 4.74 Å². The normalized spacial score (nSPS) is 11.1. The van der Waals surface area contributed by atoms with Crippen LogP contribution in [0.1, 0.15) is 38.1 Å². The number of benzene rings is 1. The molecule has 21 heavy (non-hydrogen) atoms. The summed E-state index contributed by atoms with van der Waals surface area (Å²) >= 11 is 1.67. The van der Waals surface area contributed by atoms with Crippen LogP contribution in [0.2, 0.25) is 0 Å². The maximum absolute atomic E-state index is 5.72. The second-order valence-electron chi connectivity index (χ2n) is 4.84. The van der Waals surface area contributed by atoms with Gasteiger partial charge in [-0.25, -0.2) is 0 Å². The minimum Gasteiger partial charge on any atom is -0.494 e. The molecule has 1 heterocycles. The number of rotatable bonds is 8. The lowest BCUT2D eigenvalue weighted by molar-refractivity contribution is 0.312. The minimum absolute atomic E-state index is 0.753. The molecule has 0 unspecified atom stereocenters. The SMILES string of the molecule is C/C=C/CCCOc1ccc(-c2nnc(CCC)s2)cc1. The smallest absolute Gasteiger partial charge is 0.147 e. The Morgan fingerprint density at radius 2 is 2.00 bits per heavy atom. The first-order chi connectivity index (χ1) is 10.3. The van der Waals surface area contributed by atoms with E-state index in [4.69, 9.17) is 4.74 Å². The van der Waals surface area contributed by atoms with Crippen LogP contribution in [0.4, 0.5) is 0 Å². The lowest BCUT2D eigenvalue weighted by Crippen LogP contribution is -1.96. The van der Waals surface area contributed by atoms with Crippen molar-refractivity contribution in [3.8, 4) is 16.3 Å². The third kappa shape index (κ3) is 4.97. The number of hydrogen-bond donors (Lipinski definition) is 0. The Morgan fingerprint density at radius 3 is 2.71 bits per heavy atom. The molecule has 4 heteroatoms. The number of aryl methyl sites for hydroxylation is 1. The van der Waals surface area contributed by atoms with Gasteiger partial charge in [0.2, 0.25) is 0 Å². The first kappa shape index (κ1) is 15.7. The van der Waals surface area contributed by atoms with Crippen molar-refractivity contribution in [3.63, 3.8) is 0 Å². The molecule has 0 fully saturated rings. The molecule has 2 rings (SSSR count). The monoisotopic (exact) mass is 302 g/mol. The van der Waals surface area contributed by atoms with Gasteiger partial charge >= 0.3 is 0 Å². The van der Waals surface area contributed by atoms with E-state index in [1.54, 1.807) is 11.3 Å². The molecule has 0 amide bonds. The molecule has 112 valence electrons. The highest BCUT2D eigenvalue weighted by Crippen LogP contribution is 2.26. The first-order valence-electron chi connectivity index (χ1n) is 7.50. The van der Waals surface area contributed by atoms with Crippen molar-refractivity contribution in [2.45, 2.75) is 39.5 Å². The highest BCUT2D eigenvalue weighted by atomic mass is 32.1. The van der Waals surface area contributed by atoms with E-state index in [0.29, 0.717) is 0 Å². The summed E-state index contributed by atoms with van der Waals surface area (Å²) in [4.78, 5) is 0. The Kier molecular flexibility index (Phi) is 6.41. The van der Waals surface area contributed by atoms with Gasteiger partial charge in [-0.15, -0.1) is 10.2 Å². The van der Waals surface area contributed by atoms with Crippen LogP contribution >= 0.6 is 11.3 Å². The largest absolute Gasteiger partial charge is 0.494 e. The minimum atomic E-state index is 0.753. The molecule has 0 bridgehead atoms. The molecular weight excluding hydrogens is 280 g/mol. The van der Waals surface area contributed by atoms with Crippen LogP contribution in [0.5, 0.6) is 5.75 Å². The molecule has 0 N–H and O–H groups in total. The van der Waals surface area contributed by atoms with Crippen molar-refractivity contribution in [1.82, 2.24) is 10.2 Å². The first-order valence-corrected chi connectivity index (χ1v) is 8.32. The van der Waals surface area contributed by atoms with Crippen LogP contribution in [-0.4, -0.2) is 16.8 Å². The fourth-order valence-electron chi connectivity index (χ4n) is 1.94. The van der Waals surface area contributed by atoms with Crippen LogP contribution in [-0.2, 0) is 6.42 Å². The van der Waals surface area contributed by atoms with E-state index in [1.807, 2.05) is 19.1 Å². The topological polar surface area (TPSA) is 35.0 Å². The van der Waals surface area contributed by atoms with Crippen LogP contribution in [0.25, 0.3) is 10.6 Å². The van der Waals surface area contributed by atoms with Gasteiger partial charge in [0, 0.05) is 12.0 Å². The predicted octanol–water partition coefficient (Wildman–Crippen LogP) is 4.89. The molecule has 0 aliphatic carbocycles. The van der Waals surface area contributed by atoms with Crippen LogP contribution in [0.15, 0.2) is 36.4 Å². The summed E-state index contributed by atoms with van der Waals surface area (Å²) in [5.74, 6) is 0.914. The van der Waals surface area contributed by atoms with Gasteiger partial charge in [-0.1, -0.05) is 30.4 Å². The average Bonchev–Trinajstić information content (AvgIpc) is 2.97. The number of nitrogens with zero attached hydrogens (tertiary/aromatic N) is 2. The molecule has 0 saturated carbocycles. The second kappa shape index (κ2) is 8.57. The predicted molar refractivity (Wildman–Crippen MR) is 88.9 cm³/mol. The lowest BCUT2D eigenvalue weighted by atomic mass is 10.2. The van der Waals surface area contributed by atoms with Gasteiger partial charge in [-0.2, -0.15) is 0 Å². The molecule has 3 nitrogen and oxygen atoms in total. The van der Waals surface area contributed by atoms with E-state index in [1.165, 1.54) is 0 Å². The van der Waals surface area contributed by atoms with Crippen LogP contribution in [0.3, 0.4) is 0 Å². The molecule has 1 aromatic carbocycles. The maximum atomic E-state index is 5.72. The average molecular weight is 302 g/mol. The second-order valence-corrected chi connectivity index (χ2v) is 5.90. The summed E-state index contributed by atoms with van der Waals surface area (Å²) in [6, 6.07) is 8.12. The number of hydrogen-bond acceptors (Lipinski definition) is 4. The summed E-state index contributed by atoms with van der Waals surface area (Å²) in [6.45, 7) is 4.95. The highest BCUT2D eigenvalue weighted by Gasteiger charge is 2.06. The molecule has 0 aliphatic rings. The molecule has 2 aromatic rings. The lowest BCUT2D eigenvalue weighted by Gasteiger charge is -2.05. The van der Waals surface area contributed by atoms with Gasteiger partial charge in [-0.05, 0) is 50.5 Å². The van der Waals surface area contributed by atoms with Gasteiger partial charge in [0.1, 0.15) is 15.8 Å². The zero-order valence-corrected chi connectivity index (χ0v) is 13.5. The molecule has 1 aromatic heterocycles. The summed E-state index contributed by atoms with van der Waals surface area (Å²) in [7, 11) is 0. The summed E-state index contributed by atoms with van der Waals surface area (Å²) in [5, 5.41) is 10.6. The number of ether oxygens (including phenoxy) is 1. The summed E-state index contributed by atoms with van der Waals surface area (Å²) in [6.07, 6.45) is 8.46. The Balaban J connectivity index is 1.88. The third-order valence-electron chi connectivity index (χ3n) is 3.05. The van der Waals surface area contributed by atoms with E-state index < -0.39 is 0 Å². The van der Waals surface area contributed by atoms with Crippen molar-refractivity contribution >= 4 is 11.3 Å². The van der Waals surface area contributed by atoms with Gasteiger partial charge in [-0.3, -0.25) is 0 Å². The van der Waals surface area contributed by atoms with E-state index in [0.717, 1.165) is 53.6 Å². The zero-order chi connectivity index (χ0) is 14.9. The number of allylic oxidation sites excluding steroid dienone is 2. The van der Waals surface area contributed by atoms with E-state index >= 15 is 0 Å². The Hall–Kier alpha value is -1.68. The van der Waals surface area contributed by atoms with Crippen molar-refractivity contribution in [3.05, 3.63) is 41.4 Å². The molecule has 0 aliphatic heterocycles. The van der Waals surface area contributed by atoms with Gasteiger partial charge in [0.15, 0.2) is 0 Å². The number of aromatic nitrogens is 2. The van der Waals surface area contributed by atoms with Crippen LogP contribution in [0, 0.1) is 0 Å². The quantitative estimate of drug-likeness (QED) is 0.514. The molecule has 0 radical (unpaired) electrons. The van der Waals surface area contributed by atoms with Crippen molar-refractivity contribution in [2.75, 3.05) is 6.61 Å². The van der Waals surface area contributed by atoms with E-state index in [2.05, 4.69) is 41.4 Å². The Morgan fingerprint density at radius 1 is 1.19 bits per heavy atom. The fraction of sp³-hybridized carbons (Fsp3) is 0.412. The standard InChI is InChI=1S/C17H22N2OS/c1-3-5-6-7-13-20-15-11-9-14(10-12-15)17-19-18-16(21-17)8-4-2/h3,5,9-12H,4,6-8,13H2,1-2H3/b5-3+.